The average Bonchev–Trinajstić information content (AvgIpc) is 3.41. The number of aromatic nitrogens is 1. The summed E-state index contributed by atoms with van der Waals surface area (Å²) in [7, 11) is 0. The molecule has 3 rings (SSSR count). The van der Waals surface area contributed by atoms with Crippen molar-refractivity contribution < 1.29 is 23.6 Å². The van der Waals surface area contributed by atoms with Gasteiger partial charge >= 0.3 is 11.7 Å². The van der Waals surface area contributed by atoms with Crippen LogP contribution in [-0.2, 0) is 9.53 Å². The van der Waals surface area contributed by atoms with Crippen LogP contribution in [0, 0.1) is 29.8 Å². The lowest BCUT2D eigenvalue weighted by molar-refractivity contribution is -0.387. The van der Waals surface area contributed by atoms with Gasteiger partial charge in [-0.2, -0.15) is 4.39 Å². The zero-order valence-electron chi connectivity index (χ0n) is 15.7. The quantitative estimate of drug-likeness (QED) is 0.461. The van der Waals surface area contributed by atoms with E-state index in [0.29, 0.717) is 11.6 Å². The Balaban J connectivity index is 1.67. The average molecular weight is 389 g/mol. The molecule has 1 fully saturated rings. The molecule has 0 bridgehead atoms. The van der Waals surface area contributed by atoms with Gasteiger partial charge in [0.25, 0.3) is 5.91 Å². The minimum atomic E-state index is -1.14. The van der Waals surface area contributed by atoms with Crippen molar-refractivity contribution in [2.45, 2.75) is 45.8 Å². The maximum atomic E-state index is 13.4. The van der Waals surface area contributed by atoms with Gasteiger partial charge in [-0.15, -0.1) is 0 Å². The number of benzene rings is 1. The topological polar surface area (TPSA) is 103 Å². The molecular formula is C19H20FN3O5. The molecule has 0 radical (unpaired) electrons. The van der Waals surface area contributed by atoms with E-state index in [1.54, 1.807) is 6.07 Å². The number of anilines is 1. The molecule has 28 heavy (non-hydrogen) atoms. The van der Waals surface area contributed by atoms with E-state index in [1.165, 1.54) is 13.0 Å². The van der Waals surface area contributed by atoms with Crippen molar-refractivity contribution in [1.82, 2.24) is 4.57 Å². The van der Waals surface area contributed by atoms with Gasteiger partial charge in [-0.3, -0.25) is 14.9 Å². The van der Waals surface area contributed by atoms with Crippen LogP contribution in [0.1, 0.15) is 47.6 Å². The molecule has 1 N–H and O–H groups in total. The van der Waals surface area contributed by atoms with Crippen LogP contribution in [0.5, 0.6) is 0 Å². The highest BCUT2D eigenvalue weighted by Gasteiger charge is 2.30. The van der Waals surface area contributed by atoms with E-state index in [-0.39, 0.29) is 5.69 Å². The number of nitro groups is 1. The smallest absolute Gasteiger partial charge is 0.340 e. The third-order valence-corrected chi connectivity index (χ3v) is 4.68. The van der Waals surface area contributed by atoms with Crippen molar-refractivity contribution in [2.24, 2.45) is 0 Å². The second-order valence-corrected chi connectivity index (χ2v) is 6.85. The summed E-state index contributed by atoms with van der Waals surface area (Å²) in [5, 5.41) is 13.2. The Hall–Kier alpha value is -3.23. The van der Waals surface area contributed by atoms with Crippen LogP contribution in [0.2, 0.25) is 0 Å². The number of ether oxygens (including phenoxy) is 1. The van der Waals surface area contributed by atoms with Gasteiger partial charge in [0, 0.05) is 29.2 Å². The highest BCUT2D eigenvalue weighted by Crippen LogP contribution is 2.38. The third-order valence-electron chi connectivity index (χ3n) is 4.68. The molecule has 1 aliphatic carbocycles. The first-order valence-electron chi connectivity index (χ1n) is 8.83. The van der Waals surface area contributed by atoms with Crippen LogP contribution < -0.4 is 5.32 Å². The lowest BCUT2D eigenvalue weighted by atomic mass is 10.2. The molecule has 9 heteroatoms. The second-order valence-electron chi connectivity index (χ2n) is 6.85. The molecule has 0 aliphatic heterocycles. The Labute approximate surface area is 160 Å². The minimum Gasteiger partial charge on any atom is -0.449 e. The Bertz CT molecular complexity index is 965. The minimum absolute atomic E-state index is 0.0351. The van der Waals surface area contributed by atoms with Crippen LogP contribution in [0.4, 0.5) is 15.8 Å². The van der Waals surface area contributed by atoms with Gasteiger partial charge in [-0.05, 0) is 51.8 Å². The van der Waals surface area contributed by atoms with Gasteiger partial charge in [0.05, 0.1) is 10.5 Å². The number of hydrogen-bond donors (Lipinski definition) is 1. The number of carbonyl (C=O) groups is 2. The van der Waals surface area contributed by atoms with E-state index in [9.17, 15) is 24.1 Å². The number of aryl methyl sites for hydroxylation is 1. The monoisotopic (exact) mass is 389 g/mol. The van der Waals surface area contributed by atoms with Crippen LogP contribution >= 0.6 is 0 Å². The second kappa shape index (κ2) is 7.41. The number of hydrogen-bond acceptors (Lipinski definition) is 5. The fourth-order valence-electron chi connectivity index (χ4n) is 3.13. The van der Waals surface area contributed by atoms with Crippen molar-refractivity contribution in [3.63, 3.8) is 0 Å². The number of carbonyl (C=O) groups excluding carboxylic acids is 2. The summed E-state index contributed by atoms with van der Waals surface area (Å²) in [6.45, 7) is 5.15. The standard InChI is InChI=1S/C19H20FN3O5/c1-10-8-15(11(2)22(10)14-5-6-14)19(25)28-12(3)18(24)21-13-4-7-16(20)17(9-13)23(26)27/h4,7-9,12,14H,5-6H2,1-3H3,(H,21,24)/t12-/m1/s1. The normalized spacial score (nSPS) is 14.4. The molecule has 148 valence electrons. The molecule has 0 saturated heterocycles. The molecule has 8 nitrogen and oxygen atoms in total. The van der Waals surface area contributed by atoms with Gasteiger partial charge in [-0.1, -0.05) is 0 Å². The molecule has 1 aromatic heterocycles. The van der Waals surface area contributed by atoms with E-state index in [4.69, 9.17) is 4.74 Å². The summed E-state index contributed by atoms with van der Waals surface area (Å²) >= 11 is 0. The highest BCUT2D eigenvalue weighted by molar-refractivity contribution is 5.98. The van der Waals surface area contributed by atoms with E-state index in [2.05, 4.69) is 9.88 Å². The van der Waals surface area contributed by atoms with Crippen molar-refractivity contribution in [3.8, 4) is 0 Å². The molecule has 1 saturated carbocycles. The van der Waals surface area contributed by atoms with Gasteiger partial charge < -0.3 is 14.6 Å². The van der Waals surface area contributed by atoms with Crippen molar-refractivity contribution in [1.29, 1.82) is 0 Å². The van der Waals surface area contributed by atoms with E-state index >= 15 is 0 Å². The van der Waals surface area contributed by atoms with Gasteiger partial charge in [0.2, 0.25) is 5.82 Å². The molecule has 1 amide bonds. The fraction of sp³-hybridized carbons (Fsp3) is 0.368. The number of nitro benzene ring substituents is 1. The predicted octanol–water partition coefficient (Wildman–Crippen LogP) is 3.67. The first kappa shape index (κ1) is 19.5. The summed E-state index contributed by atoms with van der Waals surface area (Å²) in [5.41, 5.74) is 1.44. The maximum absolute atomic E-state index is 13.4. The summed E-state index contributed by atoms with van der Waals surface area (Å²) in [5.74, 6) is -2.30. The zero-order valence-corrected chi connectivity index (χ0v) is 15.7. The molecule has 1 aliphatic rings. The first-order valence-corrected chi connectivity index (χ1v) is 8.83. The third kappa shape index (κ3) is 3.88. The first-order chi connectivity index (χ1) is 13.2. The number of nitrogens with zero attached hydrogens (tertiary/aromatic N) is 2. The Kier molecular flexibility index (Phi) is 5.17. The van der Waals surface area contributed by atoms with Crippen molar-refractivity contribution >= 4 is 23.3 Å². The van der Waals surface area contributed by atoms with Gasteiger partial charge in [0.1, 0.15) is 0 Å². The van der Waals surface area contributed by atoms with Crippen LogP contribution in [0.3, 0.4) is 0 Å². The largest absolute Gasteiger partial charge is 0.449 e. The lowest BCUT2D eigenvalue weighted by Gasteiger charge is -2.14. The van der Waals surface area contributed by atoms with E-state index < -0.39 is 34.4 Å². The molecular weight excluding hydrogens is 369 g/mol. The number of halogens is 1. The Morgan fingerprint density at radius 3 is 2.61 bits per heavy atom. The van der Waals surface area contributed by atoms with Crippen LogP contribution in [-0.4, -0.2) is 27.5 Å². The number of rotatable bonds is 6. The summed E-state index contributed by atoms with van der Waals surface area (Å²) in [6, 6.07) is 5.14. The summed E-state index contributed by atoms with van der Waals surface area (Å²) in [4.78, 5) is 34.6. The lowest BCUT2D eigenvalue weighted by Crippen LogP contribution is -2.30. The Morgan fingerprint density at radius 2 is 2.00 bits per heavy atom. The molecule has 2 aromatic rings. The summed E-state index contributed by atoms with van der Waals surface area (Å²) < 4.78 is 20.7. The predicted molar refractivity (Wildman–Crippen MR) is 98.7 cm³/mol. The zero-order chi connectivity index (χ0) is 20.6. The molecule has 0 unspecified atom stereocenters. The van der Waals surface area contributed by atoms with Crippen molar-refractivity contribution in [2.75, 3.05) is 5.32 Å². The Morgan fingerprint density at radius 1 is 1.32 bits per heavy atom. The van der Waals surface area contributed by atoms with E-state index in [1.807, 2.05) is 13.8 Å². The van der Waals surface area contributed by atoms with Crippen LogP contribution in [0.15, 0.2) is 24.3 Å². The number of esters is 1. The number of nitrogens with one attached hydrogen (secondary N) is 1. The molecule has 1 aromatic carbocycles. The van der Waals surface area contributed by atoms with E-state index in [0.717, 1.165) is 36.4 Å². The molecule has 1 heterocycles. The summed E-state index contributed by atoms with van der Waals surface area (Å²) in [6.07, 6.45) is 1.02. The number of amides is 1. The fourth-order valence-corrected chi connectivity index (χ4v) is 3.13. The molecule has 1 atom stereocenters. The van der Waals surface area contributed by atoms with Gasteiger partial charge in [-0.25, -0.2) is 4.79 Å². The van der Waals surface area contributed by atoms with Crippen LogP contribution in [0.25, 0.3) is 0 Å². The SMILES string of the molecule is Cc1cc(C(=O)O[C@H](C)C(=O)Nc2ccc(F)c([N+](=O)[O-])c2)c(C)n1C1CC1. The highest BCUT2D eigenvalue weighted by atomic mass is 19.1. The maximum Gasteiger partial charge on any atom is 0.340 e. The molecule has 0 spiro atoms. The van der Waals surface area contributed by atoms with Gasteiger partial charge in [0.15, 0.2) is 6.10 Å². The van der Waals surface area contributed by atoms with Crippen molar-refractivity contribution in [3.05, 3.63) is 57.1 Å².